The number of hydrogen-bond acceptors (Lipinski definition) is 2. The number of nitrogens with two attached hydrogens (primary N) is 1. The maximum Gasteiger partial charge on any atom is 0.0244 e. The van der Waals surface area contributed by atoms with Gasteiger partial charge in [-0.2, -0.15) is 0 Å². The van der Waals surface area contributed by atoms with Crippen molar-refractivity contribution < 1.29 is 0 Å². The topological polar surface area (TPSA) is 29.3 Å². The van der Waals surface area contributed by atoms with E-state index in [4.69, 9.17) is 5.73 Å². The summed E-state index contributed by atoms with van der Waals surface area (Å²) in [5.41, 5.74) is 6.32. The maximum atomic E-state index is 6.32. The van der Waals surface area contributed by atoms with E-state index in [9.17, 15) is 0 Å². The van der Waals surface area contributed by atoms with Gasteiger partial charge in [-0.15, -0.1) is 0 Å². The molecule has 1 saturated carbocycles. The standard InChI is InChI=1S/C14H30N2/c1-4-12(2)11-16(3)14-10-8-6-5-7-9-13(14)15/h12-14H,4-11,15H2,1-3H3. The van der Waals surface area contributed by atoms with E-state index in [2.05, 4.69) is 25.8 Å². The molecule has 3 unspecified atom stereocenters. The Kier molecular flexibility index (Phi) is 6.37. The van der Waals surface area contributed by atoms with Gasteiger partial charge in [-0.3, -0.25) is 0 Å². The van der Waals surface area contributed by atoms with Gasteiger partial charge in [0.25, 0.3) is 0 Å². The van der Waals surface area contributed by atoms with Gasteiger partial charge in [0.2, 0.25) is 0 Å². The summed E-state index contributed by atoms with van der Waals surface area (Å²) >= 11 is 0. The van der Waals surface area contributed by atoms with E-state index in [0.29, 0.717) is 12.1 Å². The van der Waals surface area contributed by atoms with E-state index >= 15 is 0 Å². The SMILES string of the molecule is CCC(C)CN(C)C1CCCCCCC1N. The third kappa shape index (κ3) is 4.42. The molecule has 0 saturated heterocycles. The van der Waals surface area contributed by atoms with Crippen molar-refractivity contribution >= 4 is 0 Å². The van der Waals surface area contributed by atoms with Gasteiger partial charge in [-0.05, 0) is 25.8 Å². The van der Waals surface area contributed by atoms with Gasteiger partial charge in [-0.1, -0.05) is 46.0 Å². The molecule has 16 heavy (non-hydrogen) atoms. The Bertz CT molecular complexity index is 182. The van der Waals surface area contributed by atoms with E-state index in [-0.39, 0.29) is 0 Å². The minimum atomic E-state index is 0.398. The van der Waals surface area contributed by atoms with Crippen LogP contribution in [0.15, 0.2) is 0 Å². The third-order valence-corrected chi connectivity index (χ3v) is 4.14. The Morgan fingerprint density at radius 1 is 1.19 bits per heavy atom. The van der Waals surface area contributed by atoms with Crippen molar-refractivity contribution in [2.75, 3.05) is 13.6 Å². The zero-order chi connectivity index (χ0) is 12.0. The van der Waals surface area contributed by atoms with Gasteiger partial charge in [0.1, 0.15) is 0 Å². The van der Waals surface area contributed by atoms with Crippen LogP contribution in [0.4, 0.5) is 0 Å². The summed E-state index contributed by atoms with van der Waals surface area (Å²) in [6.07, 6.45) is 9.27. The monoisotopic (exact) mass is 226 g/mol. The molecule has 0 aromatic heterocycles. The van der Waals surface area contributed by atoms with E-state index in [1.165, 1.54) is 51.5 Å². The van der Waals surface area contributed by atoms with Crippen molar-refractivity contribution in [1.82, 2.24) is 4.90 Å². The van der Waals surface area contributed by atoms with E-state index in [0.717, 1.165) is 5.92 Å². The molecule has 0 aliphatic heterocycles. The molecule has 0 aromatic rings. The number of likely N-dealkylation sites (N-methyl/N-ethyl adjacent to an activating group) is 1. The molecular weight excluding hydrogens is 196 g/mol. The highest BCUT2D eigenvalue weighted by Crippen LogP contribution is 2.21. The van der Waals surface area contributed by atoms with Gasteiger partial charge in [0.05, 0.1) is 0 Å². The Balaban J connectivity index is 2.45. The highest BCUT2D eigenvalue weighted by molar-refractivity contribution is 4.82. The fraction of sp³-hybridized carbons (Fsp3) is 1.00. The van der Waals surface area contributed by atoms with Crippen LogP contribution in [0, 0.1) is 5.92 Å². The quantitative estimate of drug-likeness (QED) is 0.798. The molecule has 1 aliphatic rings. The molecule has 2 nitrogen and oxygen atoms in total. The van der Waals surface area contributed by atoms with Crippen LogP contribution in [0.5, 0.6) is 0 Å². The molecule has 0 bridgehead atoms. The molecule has 3 atom stereocenters. The molecule has 1 rings (SSSR count). The van der Waals surface area contributed by atoms with E-state index in [1.54, 1.807) is 0 Å². The van der Waals surface area contributed by atoms with Crippen molar-refractivity contribution in [3.05, 3.63) is 0 Å². The second-order valence-corrected chi connectivity index (χ2v) is 5.68. The zero-order valence-electron chi connectivity index (χ0n) is 11.4. The van der Waals surface area contributed by atoms with Crippen molar-refractivity contribution in [2.45, 2.75) is 70.9 Å². The molecule has 0 radical (unpaired) electrons. The average molecular weight is 226 g/mol. The zero-order valence-corrected chi connectivity index (χ0v) is 11.4. The summed E-state index contributed by atoms with van der Waals surface area (Å²) in [5.74, 6) is 0.794. The Morgan fingerprint density at radius 3 is 2.44 bits per heavy atom. The normalized spacial score (nSPS) is 29.8. The average Bonchev–Trinajstić information content (AvgIpc) is 2.23. The lowest BCUT2D eigenvalue weighted by Crippen LogP contribution is -2.47. The van der Waals surface area contributed by atoms with E-state index in [1.807, 2.05) is 0 Å². The molecule has 0 amide bonds. The highest BCUT2D eigenvalue weighted by Gasteiger charge is 2.23. The molecule has 0 spiro atoms. The number of nitrogens with zero attached hydrogens (tertiary/aromatic N) is 1. The molecule has 1 aliphatic carbocycles. The second-order valence-electron chi connectivity index (χ2n) is 5.68. The summed E-state index contributed by atoms with van der Waals surface area (Å²) in [6.45, 7) is 5.82. The molecule has 96 valence electrons. The molecule has 2 heteroatoms. The predicted molar refractivity (Wildman–Crippen MR) is 71.6 cm³/mol. The van der Waals surface area contributed by atoms with Crippen LogP contribution < -0.4 is 5.73 Å². The van der Waals surface area contributed by atoms with Crippen LogP contribution in [-0.2, 0) is 0 Å². The van der Waals surface area contributed by atoms with Crippen molar-refractivity contribution in [2.24, 2.45) is 11.7 Å². The van der Waals surface area contributed by atoms with Crippen LogP contribution in [0.3, 0.4) is 0 Å². The maximum absolute atomic E-state index is 6.32. The van der Waals surface area contributed by atoms with Gasteiger partial charge in [0.15, 0.2) is 0 Å². The Hall–Kier alpha value is -0.0800. The molecule has 1 fully saturated rings. The lowest BCUT2D eigenvalue weighted by atomic mass is 9.91. The molecular formula is C14H30N2. The first-order valence-electron chi connectivity index (χ1n) is 7.11. The van der Waals surface area contributed by atoms with Crippen LogP contribution in [-0.4, -0.2) is 30.6 Å². The highest BCUT2D eigenvalue weighted by atomic mass is 15.1. The Labute approximate surface area is 102 Å². The Morgan fingerprint density at radius 2 is 1.81 bits per heavy atom. The molecule has 0 aromatic carbocycles. The van der Waals surface area contributed by atoms with Crippen LogP contribution in [0.1, 0.15) is 58.8 Å². The third-order valence-electron chi connectivity index (χ3n) is 4.14. The molecule has 2 N–H and O–H groups in total. The lowest BCUT2D eigenvalue weighted by molar-refractivity contribution is 0.160. The predicted octanol–water partition coefficient (Wildman–Crippen LogP) is 3.01. The lowest BCUT2D eigenvalue weighted by Gasteiger charge is -2.35. The van der Waals surface area contributed by atoms with Crippen molar-refractivity contribution in [1.29, 1.82) is 0 Å². The summed E-state index contributed by atoms with van der Waals surface area (Å²) in [5, 5.41) is 0. The first-order valence-corrected chi connectivity index (χ1v) is 7.11. The largest absolute Gasteiger partial charge is 0.326 e. The van der Waals surface area contributed by atoms with Crippen molar-refractivity contribution in [3.8, 4) is 0 Å². The fourth-order valence-electron chi connectivity index (χ4n) is 2.80. The summed E-state index contributed by atoms with van der Waals surface area (Å²) < 4.78 is 0. The van der Waals surface area contributed by atoms with Crippen LogP contribution >= 0.6 is 0 Å². The first-order chi connectivity index (χ1) is 7.65. The van der Waals surface area contributed by atoms with Crippen molar-refractivity contribution in [3.63, 3.8) is 0 Å². The molecule has 0 heterocycles. The second kappa shape index (κ2) is 7.29. The minimum Gasteiger partial charge on any atom is -0.326 e. The van der Waals surface area contributed by atoms with Crippen LogP contribution in [0.25, 0.3) is 0 Å². The summed E-state index contributed by atoms with van der Waals surface area (Å²) in [6, 6.07) is 1.02. The van der Waals surface area contributed by atoms with Gasteiger partial charge >= 0.3 is 0 Å². The van der Waals surface area contributed by atoms with Gasteiger partial charge < -0.3 is 10.6 Å². The van der Waals surface area contributed by atoms with E-state index < -0.39 is 0 Å². The first kappa shape index (κ1) is 14.0. The minimum absolute atomic E-state index is 0.398. The fourth-order valence-corrected chi connectivity index (χ4v) is 2.80. The van der Waals surface area contributed by atoms with Gasteiger partial charge in [-0.25, -0.2) is 0 Å². The number of hydrogen-bond donors (Lipinski definition) is 1. The summed E-state index contributed by atoms with van der Waals surface area (Å²) in [7, 11) is 2.26. The number of rotatable bonds is 4. The smallest absolute Gasteiger partial charge is 0.0244 e. The van der Waals surface area contributed by atoms with Crippen LogP contribution in [0.2, 0.25) is 0 Å². The summed E-state index contributed by atoms with van der Waals surface area (Å²) in [4.78, 5) is 2.52. The van der Waals surface area contributed by atoms with Gasteiger partial charge in [0, 0.05) is 18.6 Å².